The molecule has 1 N–H and O–H groups in total. The monoisotopic (exact) mass is 306 g/mol. The summed E-state index contributed by atoms with van der Waals surface area (Å²) in [7, 11) is 1.91. The zero-order valence-corrected chi connectivity index (χ0v) is 13.5. The lowest BCUT2D eigenvalue weighted by Crippen LogP contribution is -2.35. The highest BCUT2D eigenvalue weighted by atomic mass is 35.5. The average Bonchev–Trinajstić information content (AvgIpc) is 3.19. The summed E-state index contributed by atoms with van der Waals surface area (Å²) in [5, 5.41) is 4.12. The van der Waals surface area contributed by atoms with Crippen molar-refractivity contribution >= 4 is 17.5 Å². The largest absolute Gasteiger partial charge is 0.339 e. The number of piperidine rings is 1. The molecule has 1 spiro atoms. The van der Waals surface area contributed by atoms with E-state index in [9.17, 15) is 4.79 Å². The Labute approximate surface area is 131 Å². The van der Waals surface area contributed by atoms with Gasteiger partial charge in [-0.25, -0.2) is 0 Å². The van der Waals surface area contributed by atoms with Crippen molar-refractivity contribution < 1.29 is 4.79 Å². The van der Waals surface area contributed by atoms with E-state index in [4.69, 9.17) is 11.6 Å². The molecule has 1 aliphatic heterocycles. The average molecular weight is 307 g/mol. The number of nitrogens with one attached hydrogen (secondary N) is 1. The van der Waals surface area contributed by atoms with Crippen LogP contribution in [0.15, 0.2) is 24.3 Å². The van der Waals surface area contributed by atoms with Gasteiger partial charge in [0.05, 0.1) is 6.04 Å². The van der Waals surface area contributed by atoms with Gasteiger partial charge in [0, 0.05) is 18.0 Å². The first-order chi connectivity index (χ1) is 10.1. The molecule has 2 atom stereocenters. The van der Waals surface area contributed by atoms with Crippen molar-refractivity contribution in [2.75, 3.05) is 20.1 Å². The summed E-state index contributed by atoms with van der Waals surface area (Å²) in [5.41, 5.74) is 1.31. The van der Waals surface area contributed by atoms with Gasteiger partial charge < -0.3 is 10.2 Å². The first kappa shape index (κ1) is 14.9. The fraction of sp³-hybridized carbons (Fsp3) is 0.588. The second-order valence-corrected chi connectivity index (χ2v) is 6.92. The number of nitrogens with zero attached hydrogens (tertiary/aromatic N) is 1. The standard InChI is InChI=1S/C17H23ClN2O/c1-12(13-5-3-4-6-15(13)18)20(2)16(21)14-11-17(14)7-9-19-10-8-17/h3-6,12,14,19H,7-11H2,1-2H3/t12-,14-/m1/s1. The maximum absolute atomic E-state index is 12.8. The molecule has 1 saturated heterocycles. The zero-order chi connectivity index (χ0) is 15.0. The molecule has 2 fully saturated rings. The summed E-state index contributed by atoms with van der Waals surface area (Å²) >= 11 is 6.26. The molecule has 1 saturated carbocycles. The minimum atomic E-state index is 0.0190. The molecular weight excluding hydrogens is 284 g/mol. The Hall–Kier alpha value is -1.06. The first-order valence-electron chi connectivity index (χ1n) is 7.77. The molecule has 21 heavy (non-hydrogen) atoms. The molecule has 0 bridgehead atoms. The molecular formula is C17H23ClN2O. The van der Waals surface area contributed by atoms with E-state index in [1.54, 1.807) is 0 Å². The van der Waals surface area contributed by atoms with Crippen LogP contribution in [0.2, 0.25) is 5.02 Å². The van der Waals surface area contributed by atoms with Gasteiger partial charge in [0.1, 0.15) is 0 Å². The van der Waals surface area contributed by atoms with Crippen LogP contribution in [-0.2, 0) is 4.79 Å². The van der Waals surface area contributed by atoms with Crippen molar-refractivity contribution in [2.45, 2.75) is 32.2 Å². The first-order valence-corrected chi connectivity index (χ1v) is 8.15. The van der Waals surface area contributed by atoms with Crippen LogP contribution in [0.3, 0.4) is 0 Å². The normalized spacial score (nSPS) is 24.6. The Kier molecular flexibility index (Phi) is 3.98. The number of benzene rings is 1. The molecule has 1 aromatic carbocycles. The summed E-state index contributed by atoms with van der Waals surface area (Å²) in [6.07, 6.45) is 3.34. The molecule has 0 aromatic heterocycles. The van der Waals surface area contributed by atoms with E-state index in [1.807, 2.05) is 36.2 Å². The Morgan fingerprint density at radius 3 is 2.71 bits per heavy atom. The summed E-state index contributed by atoms with van der Waals surface area (Å²) < 4.78 is 0. The van der Waals surface area contributed by atoms with E-state index < -0.39 is 0 Å². The van der Waals surface area contributed by atoms with Crippen LogP contribution in [0.25, 0.3) is 0 Å². The lowest BCUT2D eigenvalue weighted by molar-refractivity contribution is -0.134. The molecule has 1 aromatic rings. The van der Waals surface area contributed by atoms with Crippen LogP contribution in [0, 0.1) is 11.3 Å². The number of carbonyl (C=O) groups is 1. The van der Waals surface area contributed by atoms with E-state index in [0.717, 1.165) is 42.9 Å². The maximum Gasteiger partial charge on any atom is 0.226 e. The van der Waals surface area contributed by atoms with Crippen LogP contribution in [0.1, 0.15) is 37.8 Å². The molecule has 2 aliphatic rings. The third-order valence-electron chi connectivity index (χ3n) is 5.37. The topological polar surface area (TPSA) is 32.3 Å². The summed E-state index contributed by atoms with van der Waals surface area (Å²) in [5.74, 6) is 0.499. The van der Waals surface area contributed by atoms with Crippen LogP contribution < -0.4 is 5.32 Å². The molecule has 1 aliphatic carbocycles. The minimum absolute atomic E-state index is 0.0190. The van der Waals surface area contributed by atoms with Crippen molar-refractivity contribution in [3.8, 4) is 0 Å². The van der Waals surface area contributed by atoms with E-state index >= 15 is 0 Å². The molecule has 4 heteroatoms. The van der Waals surface area contributed by atoms with E-state index in [2.05, 4.69) is 12.2 Å². The summed E-state index contributed by atoms with van der Waals surface area (Å²) in [6, 6.07) is 7.80. The number of amides is 1. The van der Waals surface area contributed by atoms with Gasteiger partial charge in [-0.05, 0) is 56.3 Å². The van der Waals surface area contributed by atoms with Crippen LogP contribution in [0.4, 0.5) is 0 Å². The van der Waals surface area contributed by atoms with Crippen LogP contribution in [0.5, 0.6) is 0 Å². The molecule has 1 heterocycles. The zero-order valence-electron chi connectivity index (χ0n) is 12.7. The third kappa shape index (κ3) is 2.69. The molecule has 114 valence electrons. The predicted octanol–water partition coefficient (Wildman–Crippen LogP) is 3.25. The SMILES string of the molecule is C[C@H](c1ccccc1Cl)N(C)C(=O)[C@H]1CC12CCNCC2. The van der Waals surface area contributed by atoms with E-state index in [-0.39, 0.29) is 23.3 Å². The van der Waals surface area contributed by atoms with Crippen molar-refractivity contribution in [1.82, 2.24) is 10.2 Å². The summed E-state index contributed by atoms with van der Waals surface area (Å²) in [6.45, 7) is 4.15. The lowest BCUT2D eigenvalue weighted by atomic mass is 9.91. The van der Waals surface area contributed by atoms with Gasteiger partial charge in [-0.1, -0.05) is 29.8 Å². The van der Waals surface area contributed by atoms with Gasteiger partial charge in [0.25, 0.3) is 0 Å². The fourth-order valence-corrected chi connectivity index (χ4v) is 3.93. The van der Waals surface area contributed by atoms with E-state index in [1.165, 1.54) is 0 Å². The fourth-order valence-electron chi connectivity index (χ4n) is 3.63. The second-order valence-electron chi connectivity index (χ2n) is 6.52. The maximum atomic E-state index is 12.8. The number of hydrogen-bond donors (Lipinski definition) is 1. The second kappa shape index (κ2) is 5.62. The Morgan fingerprint density at radius 2 is 2.05 bits per heavy atom. The van der Waals surface area contributed by atoms with Crippen LogP contribution in [-0.4, -0.2) is 30.9 Å². The van der Waals surface area contributed by atoms with Gasteiger partial charge in [-0.3, -0.25) is 4.79 Å². The molecule has 3 nitrogen and oxygen atoms in total. The van der Waals surface area contributed by atoms with Crippen molar-refractivity contribution in [3.05, 3.63) is 34.9 Å². The number of halogens is 1. The Bertz CT molecular complexity index is 539. The molecule has 3 rings (SSSR count). The highest BCUT2D eigenvalue weighted by molar-refractivity contribution is 6.31. The smallest absolute Gasteiger partial charge is 0.226 e. The van der Waals surface area contributed by atoms with Gasteiger partial charge in [0.2, 0.25) is 5.91 Å². The highest BCUT2D eigenvalue weighted by Gasteiger charge is 2.58. The van der Waals surface area contributed by atoms with Crippen molar-refractivity contribution in [3.63, 3.8) is 0 Å². The van der Waals surface area contributed by atoms with Gasteiger partial charge in [0.15, 0.2) is 0 Å². The highest BCUT2D eigenvalue weighted by Crippen LogP contribution is 2.59. The third-order valence-corrected chi connectivity index (χ3v) is 5.72. The van der Waals surface area contributed by atoms with Gasteiger partial charge in [-0.15, -0.1) is 0 Å². The molecule has 0 radical (unpaired) electrons. The number of carbonyl (C=O) groups excluding carboxylic acids is 1. The molecule has 0 unspecified atom stereocenters. The van der Waals surface area contributed by atoms with Gasteiger partial charge >= 0.3 is 0 Å². The molecule has 1 amide bonds. The Balaban J connectivity index is 1.69. The Morgan fingerprint density at radius 1 is 1.38 bits per heavy atom. The van der Waals surface area contributed by atoms with Gasteiger partial charge in [-0.2, -0.15) is 0 Å². The van der Waals surface area contributed by atoms with Crippen molar-refractivity contribution in [2.24, 2.45) is 11.3 Å². The predicted molar refractivity (Wildman–Crippen MR) is 85.3 cm³/mol. The quantitative estimate of drug-likeness (QED) is 0.929. The lowest BCUT2D eigenvalue weighted by Gasteiger charge is -2.29. The number of rotatable bonds is 3. The van der Waals surface area contributed by atoms with Crippen LogP contribution >= 0.6 is 11.6 Å². The van der Waals surface area contributed by atoms with E-state index in [0.29, 0.717) is 0 Å². The minimum Gasteiger partial charge on any atom is -0.339 e. The summed E-state index contributed by atoms with van der Waals surface area (Å²) in [4.78, 5) is 14.6. The number of hydrogen-bond acceptors (Lipinski definition) is 2. The van der Waals surface area contributed by atoms with Crippen molar-refractivity contribution in [1.29, 1.82) is 0 Å².